The van der Waals surface area contributed by atoms with Crippen LogP contribution in [0.4, 0.5) is 16.3 Å². The number of hydrogen-bond donors (Lipinski definition) is 1. The Bertz CT molecular complexity index is 656. The minimum Gasteiger partial charge on any atom is -0.378 e. The van der Waals surface area contributed by atoms with Gasteiger partial charge < -0.3 is 19.9 Å². The van der Waals surface area contributed by atoms with Gasteiger partial charge in [-0.3, -0.25) is 4.98 Å². The predicted molar refractivity (Wildman–Crippen MR) is 92.0 cm³/mol. The molecular formula is C17H21N5O2. The fourth-order valence-corrected chi connectivity index (χ4v) is 2.49. The van der Waals surface area contributed by atoms with Crippen molar-refractivity contribution < 1.29 is 9.53 Å². The number of aromatic nitrogens is 2. The van der Waals surface area contributed by atoms with E-state index in [9.17, 15) is 4.79 Å². The number of nitrogens with one attached hydrogen (secondary N) is 1. The van der Waals surface area contributed by atoms with Crippen molar-refractivity contribution in [3.8, 4) is 0 Å². The summed E-state index contributed by atoms with van der Waals surface area (Å²) in [5.41, 5.74) is 1.71. The first-order chi connectivity index (χ1) is 11.7. The SMILES string of the molecule is CN(Cc1ccncc1)C(=O)Nc1ccc(N2CCOCC2)nc1. The Kier molecular flexibility index (Phi) is 5.22. The van der Waals surface area contributed by atoms with E-state index in [2.05, 4.69) is 20.2 Å². The summed E-state index contributed by atoms with van der Waals surface area (Å²) in [5, 5.41) is 2.86. The lowest BCUT2D eigenvalue weighted by Crippen LogP contribution is -2.36. The second-order valence-electron chi connectivity index (χ2n) is 5.65. The van der Waals surface area contributed by atoms with Crippen LogP contribution in [0.2, 0.25) is 0 Å². The Morgan fingerprint density at radius 3 is 2.67 bits per heavy atom. The fourth-order valence-electron chi connectivity index (χ4n) is 2.49. The van der Waals surface area contributed by atoms with Gasteiger partial charge in [-0.25, -0.2) is 9.78 Å². The Balaban J connectivity index is 1.55. The average molecular weight is 327 g/mol. The number of urea groups is 1. The van der Waals surface area contributed by atoms with Crippen molar-refractivity contribution in [3.63, 3.8) is 0 Å². The third-order valence-electron chi connectivity index (χ3n) is 3.85. The third kappa shape index (κ3) is 4.20. The minimum absolute atomic E-state index is 0.173. The monoisotopic (exact) mass is 327 g/mol. The van der Waals surface area contributed by atoms with Gasteiger partial charge in [0.15, 0.2) is 0 Å². The molecule has 0 saturated carbocycles. The van der Waals surface area contributed by atoms with Crippen molar-refractivity contribution in [2.75, 3.05) is 43.6 Å². The zero-order valence-electron chi connectivity index (χ0n) is 13.7. The molecule has 0 unspecified atom stereocenters. The van der Waals surface area contributed by atoms with Gasteiger partial charge >= 0.3 is 6.03 Å². The highest BCUT2D eigenvalue weighted by Gasteiger charge is 2.13. The molecule has 1 N–H and O–H groups in total. The Morgan fingerprint density at radius 2 is 2.00 bits per heavy atom. The molecule has 1 aliphatic rings. The van der Waals surface area contributed by atoms with Gasteiger partial charge in [0.25, 0.3) is 0 Å². The molecule has 1 saturated heterocycles. The van der Waals surface area contributed by atoms with Crippen molar-refractivity contribution in [3.05, 3.63) is 48.4 Å². The van der Waals surface area contributed by atoms with Crippen LogP contribution in [0.5, 0.6) is 0 Å². The highest BCUT2D eigenvalue weighted by Crippen LogP contribution is 2.16. The van der Waals surface area contributed by atoms with Gasteiger partial charge in [0.1, 0.15) is 5.82 Å². The lowest BCUT2D eigenvalue weighted by Gasteiger charge is -2.27. The largest absolute Gasteiger partial charge is 0.378 e. The average Bonchev–Trinajstić information content (AvgIpc) is 2.64. The summed E-state index contributed by atoms with van der Waals surface area (Å²) in [5.74, 6) is 0.904. The third-order valence-corrected chi connectivity index (χ3v) is 3.85. The van der Waals surface area contributed by atoms with Crippen molar-refractivity contribution in [1.82, 2.24) is 14.9 Å². The van der Waals surface area contributed by atoms with E-state index >= 15 is 0 Å². The van der Waals surface area contributed by atoms with E-state index in [1.165, 1.54) is 0 Å². The van der Waals surface area contributed by atoms with Crippen LogP contribution in [0.3, 0.4) is 0 Å². The van der Waals surface area contributed by atoms with E-state index < -0.39 is 0 Å². The van der Waals surface area contributed by atoms with Crippen molar-refractivity contribution >= 4 is 17.5 Å². The van der Waals surface area contributed by atoms with E-state index in [0.29, 0.717) is 12.2 Å². The van der Waals surface area contributed by atoms with E-state index in [4.69, 9.17) is 4.74 Å². The van der Waals surface area contributed by atoms with Crippen LogP contribution in [0.25, 0.3) is 0 Å². The summed E-state index contributed by atoms with van der Waals surface area (Å²) in [6.07, 6.45) is 5.12. The molecule has 126 valence electrons. The topological polar surface area (TPSA) is 70.6 Å². The highest BCUT2D eigenvalue weighted by molar-refractivity contribution is 5.89. The lowest BCUT2D eigenvalue weighted by molar-refractivity contribution is 0.122. The van der Waals surface area contributed by atoms with Gasteiger partial charge in [0.05, 0.1) is 25.1 Å². The molecule has 0 spiro atoms. The fraction of sp³-hybridized carbons (Fsp3) is 0.353. The normalized spacial score (nSPS) is 14.3. The van der Waals surface area contributed by atoms with Crippen LogP contribution in [0, 0.1) is 0 Å². The molecule has 2 amide bonds. The molecule has 2 aromatic rings. The maximum absolute atomic E-state index is 12.2. The van der Waals surface area contributed by atoms with Gasteiger partial charge in [0, 0.05) is 39.1 Å². The molecule has 0 atom stereocenters. The van der Waals surface area contributed by atoms with Crippen LogP contribution in [-0.4, -0.2) is 54.2 Å². The van der Waals surface area contributed by atoms with Crippen molar-refractivity contribution in [2.24, 2.45) is 0 Å². The summed E-state index contributed by atoms with van der Waals surface area (Å²) >= 11 is 0. The molecular weight excluding hydrogens is 306 g/mol. The maximum Gasteiger partial charge on any atom is 0.321 e. The zero-order chi connectivity index (χ0) is 16.8. The zero-order valence-corrected chi connectivity index (χ0v) is 13.7. The number of anilines is 2. The lowest BCUT2D eigenvalue weighted by atomic mass is 10.2. The standard InChI is InChI=1S/C17H21N5O2/c1-21(13-14-4-6-18-7-5-14)17(23)20-15-2-3-16(19-12-15)22-8-10-24-11-9-22/h2-7,12H,8-11,13H2,1H3,(H,20,23). The smallest absolute Gasteiger partial charge is 0.321 e. The first kappa shape index (κ1) is 16.2. The van der Waals surface area contributed by atoms with Gasteiger partial charge in [-0.05, 0) is 29.8 Å². The molecule has 0 radical (unpaired) electrons. The molecule has 0 aliphatic carbocycles. The second kappa shape index (κ2) is 7.74. The molecule has 1 aliphatic heterocycles. The number of morpholine rings is 1. The molecule has 2 aromatic heterocycles. The van der Waals surface area contributed by atoms with Gasteiger partial charge in [0.2, 0.25) is 0 Å². The number of carbonyl (C=O) groups is 1. The van der Waals surface area contributed by atoms with E-state index in [0.717, 1.165) is 37.7 Å². The quantitative estimate of drug-likeness (QED) is 0.930. The number of amides is 2. The highest BCUT2D eigenvalue weighted by atomic mass is 16.5. The molecule has 0 bridgehead atoms. The summed E-state index contributed by atoms with van der Waals surface area (Å²) in [7, 11) is 1.76. The van der Waals surface area contributed by atoms with E-state index in [1.807, 2.05) is 24.3 Å². The second-order valence-corrected chi connectivity index (χ2v) is 5.65. The molecule has 1 fully saturated rings. The van der Waals surface area contributed by atoms with Crippen LogP contribution in [0.1, 0.15) is 5.56 Å². The Labute approximate surface area is 141 Å². The number of ether oxygens (including phenoxy) is 1. The van der Waals surface area contributed by atoms with Gasteiger partial charge in [-0.2, -0.15) is 0 Å². The van der Waals surface area contributed by atoms with E-state index in [1.54, 1.807) is 30.5 Å². The number of nitrogens with zero attached hydrogens (tertiary/aromatic N) is 4. The van der Waals surface area contributed by atoms with Crippen molar-refractivity contribution in [1.29, 1.82) is 0 Å². The van der Waals surface area contributed by atoms with Crippen LogP contribution in [0.15, 0.2) is 42.9 Å². The Hall–Kier alpha value is -2.67. The summed E-state index contributed by atoms with van der Waals surface area (Å²) < 4.78 is 5.34. The molecule has 7 heteroatoms. The predicted octanol–water partition coefficient (Wildman–Crippen LogP) is 1.98. The van der Waals surface area contributed by atoms with Crippen LogP contribution in [-0.2, 0) is 11.3 Å². The molecule has 3 rings (SSSR count). The summed E-state index contributed by atoms with van der Waals surface area (Å²) in [6, 6.07) is 7.40. The Morgan fingerprint density at radius 1 is 1.25 bits per heavy atom. The van der Waals surface area contributed by atoms with Crippen LogP contribution >= 0.6 is 0 Å². The number of rotatable bonds is 4. The first-order valence-corrected chi connectivity index (χ1v) is 7.92. The number of carbonyl (C=O) groups excluding carboxylic acids is 1. The summed E-state index contributed by atoms with van der Waals surface area (Å²) in [6.45, 7) is 3.65. The van der Waals surface area contributed by atoms with Gasteiger partial charge in [-0.1, -0.05) is 0 Å². The van der Waals surface area contributed by atoms with Crippen LogP contribution < -0.4 is 10.2 Å². The number of hydrogen-bond acceptors (Lipinski definition) is 5. The molecule has 0 aromatic carbocycles. The van der Waals surface area contributed by atoms with Gasteiger partial charge in [-0.15, -0.1) is 0 Å². The molecule has 24 heavy (non-hydrogen) atoms. The maximum atomic E-state index is 12.2. The molecule has 7 nitrogen and oxygen atoms in total. The molecule has 3 heterocycles. The first-order valence-electron chi connectivity index (χ1n) is 7.92. The number of pyridine rings is 2. The van der Waals surface area contributed by atoms with Crippen molar-refractivity contribution in [2.45, 2.75) is 6.54 Å². The summed E-state index contributed by atoms with van der Waals surface area (Å²) in [4.78, 5) is 24.4. The minimum atomic E-state index is -0.173. The van der Waals surface area contributed by atoms with E-state index in [-0.39, 0.29) is 6.03 Å².